The molecule has 0 bridgehead atoms. The fourth-order valence-electron chi connectivity index (χ4n) is 4.18. The van der Waals surface area contributed by atoms with Gasteiger partial charge in [-0.25, -0.2) is 9.18 Å². The number of amides is 2. The van der Waals surface area contributed by atoms with Gasteiger partial charge in [-0.1, -0.05) is 29.8 Å². The van der Waals surface area contributed by atoms with Crippen LogP contribution in [-0.2, 0) is 5.41 Å². The van der Waals surface area contributed by atoms with Gasteiger partial charge in [-0.3, -0.25) is 4.90 Å². The summed E-state index contributed by atoms with van der Waals surface area (Å²) in [6, 6.07) is 12.3. The van der Waals surface area contributed by atoms with E-state index in [2.05, 4.69) is 30.3 Å². The van der Waals surface area contributed by atoms with E-state index in [1.165, 1.54) is 17.2 Å². The minimum Gasteiger partial charge on any atom is -0.306 e. The molecule has 0 atom stereocenters. The number of aryl methyl sites for hydroxylation is 1. The van der Waals surface area contributed by atoms with Crippen LogP contribution in [0.2, 0.25) is 0 Å². The number of carbonyl (C=O) groups is 1. The zero-order valence-corrected chi connectivity index (χ0v) is 15.3. The highest BCUT2D eigenvalue weighted by Gasteiger charge is 2.46. The first-order valence-electron chi connectivity index (χ1n) is 9.11. The van der Waals surface area contributed by atoms with Gasteiger partial charge in [0, 0.05) is 17.6 Å². The molecular weight excluding hydrogens is 329 g/mol. The first kappa shape index (κ1) is 17.0. The summed E-state index contributed by atoms with van der Waals surface area (Å²) < 4.78 is 13.9. The molecule has 4 rings (SSSR count). The highest BCUT2D eigenvalue weighted by molar-refractivity contribution is 6.03. The van der Waals surface area contributed by atoms with Crippen molar-refractivity contribution in [3.8, 4) is 0 Å². The van der Waals surface area contributed by atoms with E-state index in [0.717, 1.165) is 31.6 Å². The number of benzene rings is 2. The Hall–Kier alpha value is -2.40. The maximum absolute atomic E-state index is 13.9. The first-order chi connectivity index (χ1) is 12.5. The number of likely N-dealkylation sites (tertiary alicyclic amines) is 1. The van der Waals surface area contributed by atoms with Gasteiger partial charge in [-0.2, -0.15) is 0 Å². The first-order valence-corrected chi connectivity index (χ1v) is 9.11. The van der Waals surface area contributed by atoms with E-state index < -0.39 is 5.82 Å². The molecule has 5 heteroatoms. The second-order valence-corrected chi connectivity index (χ2v) is 7.60. The van der Waals surface area contributed by atoms with Crippen LogP contribution in [0, 0.1) is 12.7 Å². The molecule has 1 N–H and O–H groups in total. The van der Waals surface area contributed by atoms with E-state index >= 15 is 0 Å². The van der Waals surface area contributed by atoms with Gasteiger partial charge in [0.1, 0.15) is 5.82 Å². The Kier molecular flexibility index (Phi) is 4.19. The number of anilines is 2. The van der Waals surface area contributed by atoms with Gasteiger partial charge in [-0.05, 0) is 63.7 Å². The van der Waals surface area contributed by atoms with Gasteiger partial charge in [0.2, 0.25) is 0 Å². The lowest BCUT2D eigenvalue weighted by Crippen LogP contribution is -2.45. The molecule has 2 heterocycles. The lowest BCUT2D eigenvalue weighted by Gasteiger charge is -2.38. The van der Waals surface area contributed by atoms with Crippen molar-refractivity contribution in [3.63, 3.8) is 0 Å². The highest BCUT2D eigenvalue weighted by atomic mass is 19.1. The maximum Gasteiger partial charge on any atom is 0.326 e. The molecule has 26 heavy (non-hydrogen) atoms. The topological polar surface area (TPSA) is 35.6 Å². The largest absolute Gasteiger partial charge is 0.326 e. The number of urea groups is 1. The van der Waals surface area contributed by atoms with Gasteiger partial charge in [0.05, 0.1) is 5.69 Å². The Balaban J connectivity index is 1.66. The van der Waals surface area contributed by atoms with Crippen LogP contribution in [-0.4, -0.2) is 37.6 Å². The Morgan fingerprint density at radius 1 is 1.15 bits per heavy atom. The van der Waals surface area contributed by atoms with Crippen LogP contribution >= 0.6 is 0 Å². The third kappa shape index (κ3) is 2.86. The number of hydrogen-bond donors (Lipinski definition) is 1. The monoisotopic (exact) mass is 353 g/mol. The molecule has 2 amide bonds. The summed E-state index contributed by atoms with van der Waals surface area (Å²) in [6.45, 7) is 4.79. The second-order valence-electron chi connectivity index (χ2n) is 7.60. The fraction of sp³-hybridized carbons (Fsp3) is 0.381. The predicted molar refractivity (Wildman–Crippen MR) is 102 cm³/mol. The number of halogens is 1. The van der Waals surface area contributed by atoms with E-state index in [4.69, 9.17) is 0 Å². The normalized spacial score (nSPS) is 18.8. The molecule has 0 unspecified atom stereocenters. The van der Waals surface area contributed by atoms with Crippen LogP contribution in [0.5, 0.6) is 0 Å². The Labute approximate surface area is 153 Å². The summed E-state index contributed by atoms with van der Waals surface area (Å²) in [5.74, 6) is -0.418. The Bertz CT molecular complexity index is 843. The maximum atomic E-state index is 13.9. The van der Waals surface area contributed by atoms with Gasteiger partial charge in [-0.15, -0.1) is 0 Å². The summed E-state index contributed by atoms with van der Waals surface area (Å²) in [7, 11) is 2.14. The predicted octanol–water partition coefficient (Wildman–Crippen LogP) is 4.15. The van der Waals surface area contributed by atoms with Crippen molar-refractivity contribution in [3.05, 3.63) is 59.4 Å². The summed E-state index contributed by atoms with van der Waals surface area (Å²) in [5.41, 5.74) is 3.64. The van der Waals surface area contributed by atoms with E-state index in [-0.39, 0.29) is 17.1 Å². The number of carbonyl (C=O) groups excluding carboxylic acids is 1. The average molecular weight is 353 g/mol. The van der Waals surface area contributed by atoms with Crippen molar-refractivity contribution in [1.82, 2.24) is 4.90 Å². The Morgan fingerprint density at radius 2 is 1.88 bits per heavy atom. The standard InChI is InChI=1S/C21H24FN3O/c1-15-7-8-19-16(13-15)21(9-11-24(2)12-10-21)14-25(19)20(26)23-18-6-4-3-5-17(18)22/h3-8,13H,9-12,14H2,1-2H3,(H,23,26). The molecule has 0 radical (unpaired) electrons. The molecule has 1 saturated heterocycles. The quantitative estimate of drug-likeness (QED) is 0.836. The van der Waals surface area contributed by atoms with Gasteiger partial charge >= 0.3 is 6.03 Å². The van der Waals surface area contributed by atoms with Crippen molar-refractivity contribution in [2.45, 2.75) is 25.2 Å². The van der Waals surface area contributed by atoms with Crippen molar-refractivity contribution >= 4 is 17.4 Å². The van der Waals surface area contributed by atoms with Crippen LogP contribution in [0.3, 0.4) is 0 Å². The van der Waals surface area contributed by atoms with E-state index in [9.17, 15) is 9.18 Å². The number of rotatable bonds is 1. The molecule has 0 saturated carbocycles. The fourth-order valence-corrected chi connectivity index (χ4v) is 4.18. The second kappa shape index (κ2) is 6.40. The summed E-state index contributed by atoms with van der Waals surface area (Å²) >= 11 is 0. The van der Waals surface area contributed by atoms with Crippen molar-refractivity contribution in [2.24, 2.45) is 0 Å². The van der Waals surface area contributed by atoms with E-state index in [1.807, 2.05) is 12.1 Å². The molecule has 2 aliphatic rings. The van der Waals surface area contributed by atoms with Crippen LogP contribution in [0.4, 0.5) is 20.6 Å². The number of piperidine rings is 1. The van der Waals surface area contributed by atoms with Gasteiger partial charge in [0.25, 0.3) is 0 Å². The molecule has 1 spiro atoms. The molecule has 2 aromatic rings. The average Bonchev–Trinajstić information content (AvgIpc) is 2.94. The van der Waals surface area contributed by atoms with Crippen molar-refractivity contribution < 1.29 is 9.18 Å². The van der Waals surface area contributed by atoms with Crippen LogP contribution in [0.1, 0.15) is 24.0 Å². The molecule has 136 valence electrons. The highest BCUT2D eigenvalue weighted by Crippen LogP contribution is 2.47. The smallest absolute Gasteiger partial charge is 0.306 e. The molecule has 1 fully saturated rings. The zero-order chi connectivity index (χ0) is 18.3. The molecule has 2 aromatic carbocycles. The molecule has 0 aromatic heterocycles. The number of hydrogen-bond acceptors (Lipinski definition) is 2. The third-order valence-corrected chi connectivity index (χ3v) is 5.78. The zero-order valence-electron chi connectivity index (χ0n) is 15.3. The number of fused-ring (bicyclic) bond motifs is 2. The Morgan fingerprint density at radius 3 is 2.62 bits per heavy atom. The lowest BCUT2D eigenvalue weighted by atomic mass is 9.74. The van der Waals surface area contributed by atoms with Crippen LogP contribution < -0.4 is 10.2 Å². The summed E-state index contributed by atoms with van der Waals surface area (Å²) in [6.07, 6.45) is 2.06. The number of nitrogens with one attached hydrogen (secondary N) is 1. The summed E-state index contributed by atoms with van der Waals surface area (Å²) in [4.78, 5) is 17.1. The molecule has 4 nitrogen and oxygen atoms in total. The van der Waals surface area contributed by atoms with Crippen LogP contribution in [0.25, 0.3) is 0 Å². The number of nitrogens with zero attached hydrogens (tertiary/aromatic N) is 2. The van der Waals surface area contributed by atoms with Crippen LogP contribution in [0.15, 0.2) is 42.5 Å². The van der Waals surface area contributed by atoms with Gasteiger partial charge < -0.3 is 10.2 Å². The minimum absolute atomic E-state index is 0.000432. The summed E-state index contributed by atoms with van der Waals surface area (Å²) in [5, 5.41) is 2.74. The van der Waals surface area contributed by atoms with Crippen molar-refractivity contribution in [1.29, 1.82) is 0 Å². The molecule has 0 aliphatic carbocycles. The van der Waals surface area contributed by atoms with E-state index in [1.54, 1.807) is 23.1 Å². The number of para-hydroxylation sites is 1. The van der Waals surface area contributed by atoms with Crippen molar-refractivity contribution in [2.75, 3.05) is 36.9 Å². The molecule has 2 aliphatic heterocycles. The lowest BCUT2D eigenvalue weighted by molar-refractivity contribution is 0.196. The minimum atomic E-state index is -0.418. The third-order valence-electron chi connectivity index (χ3n) is 5.78. The SMILES string of the molecule is Cc1ccc2c(c1)C1(CCN(C)CC1)CN2C(=O)Nc1ccccc1F. The molecular formula is C21H24FN3O. The van der Waals surface area contributed by atoms with Gasteiger partial charge in [0.15, 0.2) is 0 Å². The van der Waals surface area contributed by atoms with E-state index in [0.29, 0.717) is 6.54 Å².